The molecule has 6 nitrogen and oxygen atoms in total. The summed E-state index contributed by atoms with van der Waals surface area (Å²) in [6.45, 7) is 2.76. The number of nitrogens with zero attached hydrogens (tertiary/aromatic N) is 1. The van der Waals surface area contributed by atoms with Crippen LogP contribution < -0.4 is 15.2 Å². The van der Waals surface area contributed by atoms with Crippen LogP contribution >= 0.6 is 0 Å². The van der Waals surface area contributed by atoms with Crippen molar-refractivity contribution >= 4 is 21.7 Å². The van der Waals surface area contributed by atoms with Gasteiger partial charge < -0.3 is 10.5 Å². The number of ether oxygens (including phenoxy) is 1. The molecule has 0 aromatic heterocycles. The molecular weight excluding hydrogens is 266 g/mol. The molecule has 3 rings (SSSR count). The summed E-state index contributed by atoms with van der Waals surface area (Å²) >= 11 is 0. The third-order valence-electron chi connectivity index (χ3n) is 3.42. The summed E-state index contributed by atoms with van der Waals surface area (Å²) in [5.41, 5.74) is 6.89. The first-order valence-corrected chi connectivity index (χ1v) is 7.47. The Balaban J connectivity index is 1.95. The molecule has 0 unspecified atom stereocenters. The van der Waals surface area contributed by atoms with Gasteiger partial charge in [0.05, 0.1) is 17.9 Å². The lowest BCUT2D eigenvalue weighted by Crippen LogP contribution is -2.27. The lowest BCUT2D eigenvalue weighted by molar-refractivity contribution is 0.247. The lowest BCUT2D eigenvalue weighted by atomic mass is 10.1. The Labute approximate surface area is 111 Å². The van der Waals surface area contributed by atoms with Crippen LogP contribution in [0.2, 0.25) is 0 Å². The minimum absolute atomic E-state index is 0.0368. The fourth-order valence-electron chi connectivity index (χ4n) is 1.95. The van der Waals surface area contributed by atoms with Crippen molar-refractivity contribution in [1.82, 2.24) is 0 Å². The number of rotatable bonds is 3. The third-order valence-corrected chi connectivity index (χ3v) is 4.33. The van der Waals surface area contributed by atoms with E-state index in [1.165, 1.54) is 0 Å². The van der Waals surface area contributed by atoms with Crippen molar-refractivity contribution in [2.24, 2.45) is 15.5 Å². The number of benzene rings is 1. The van der Waals surface area contributed by atoms with E-state index in [4.69, 9.17) is 10.5 Å². The second-order valence-corrected chi connectivity index (χ2v) is 6.67. The van der Waals surface area contributed by atoms with E-state index in [2.05, 4.69) is 16.0 Å². The fraction of sp³-hybridized carbons (Fsp3) is 0.417. The number of nitrogens with one attached hydrogen (secondary N) is 1. The molecule has 0 saturated heterocycles. The largest absolute Gasteiger partial charge is 0.492 e. The van der Waals surface area contributed by atoms with Crippen LogP contribution in [-0.2, 0) is 10.2 Å². The van der Waals surface area contributed by atoms with E-state index >= 15 is 0 Å². The van der Waals surface area contributed by atoms with Crippen LogP contribution in [0.25, 0.3) is 0 Å². The van der Waals surface area contributed by atoms with Crippen LogP contribution in [0, 0.1) is 5.41 Å². The molecule has 0 radical (unpaired) electrons. The minimum Gasteiger partial charge on any atom is -0.492 e. The minimum atomic E-state index is -3.74. The first-order valence-electron chi connectivity index (χ1n) is 6.03. The molecule has 2 aliphatic rings. The molecular formula is C12H15N3O3S. The monoisotopic (exact) mass is 281 g/mol. The zero-order chi connectivity index (χ0) is 13.7. The maximum Gasteiger partial charge on any atom is 0.344 e. The summed E-state index contributed by atoms with van der Waals surface area (Å²) in [5.74, 6) is 0.527. The summed E-state index contributed by atoms with van der Waals surface area (Å²) < 4.78 is 34.5. The zero-order valence-corrected chi connectivity index (χ0v) is 11.3. The Bertz CT molecular complexity index is 663. The van der Waals surface area contributed by atoms with Crippen LogP contribution in [0.15, 0.2) is 22.6 Å². The van der Waals surface area contributed by atoms with Crippen LogP contribution in [0.5, 0.6) is 5.75 Å². The molecule has 1 aliphatic heterocycles. The van der Waals surface area contributed by atoms with Gasteiger partial charge in [-0.1, -0.05) is 13.0 Å². The van der Waals surface area contributed by atoms with Crippen LogP contribution in [0.1, 0.15) is 25.3 Å². The second-order valence-electron chi connectivity index (χ2n) is 5.33. The number of amidine groups is 1. The van der Waals surface area contributed by atoms with Gasteiger partial charge in [-0.25, -0.2) is 0 Å². The van der Waals surface area contributed by atoms with Crippen molar-refractivity contribution in [3.63, 3.8) is 0 Å². The van der Waals surface area contributed by atoms with Crippen molar-refractivity contribution < 1.29 is 13.2 Å². The standard InChI is InChI=1S/C12H15N3O3S/c1-12(5-6-12)7-18-9-4-2-3-8-10(9)11(13)15-19(16,17)14-8/h2-4,14H,5-7H2,1H3,(H2,13,15). The van der Waals surface area contributed by atoms with Crippen molar-refractivity contribution in [2.75, 3.05) is 11.3 Å². The molecule has 0 atom stereocenters. The molecule has 1 aromatic carbocycles. The quantitative estimate of drug-likeness (QED) is 0.871. The number of fused-ring (bicyclic) bond motifs is 1. The number of hydrogen-bond acceptors (Lipinski definition) is 4. The van der Waals surface area contributed by atoms with E-state index in [-0.39, 0.29) is 11.3 Å². The van der Waals surface area contributed by atoms with E-state index in [0.29, 0.717) is 23.6 Å². The average Bonchev–Trinajstić information content (AvgIpc) is 3.03. The van der Waals surface area contributed by atoms with Gasteiger partial charge in [0.15, 0.2) is 5.84 Å². The molecule has 3 N–H and O–H groups in total. The van der Waals surface area contributed by atoms with Gasteiger partial charge in [0, 0.05) is 5.41 Å². The number of nitrogens with two attached hydrogens (primary N) is 1. The summed E-state index contributed by atoms with van der Waals surface area (Å²) in [7, 11) is -3.74. The Kier molecular flexibility index (Phi) is 2.50. The normalized spacial score (nSPS) is 21.8. The highest BCUT2D eigenvalue weighted by molar-refractivity contribution is 7.91. The summed E-state index contributed by atoms with van der Waals surface area (Å²) in [6, 6.07) is 5.14. The zero-order valence-electron chi connectivity index (χ0n) is 10.5. The van der Waals surface area contributed by atoms with Gasteiger partial charge in [0.1, 0.15) is 5.75 Å². The molecule has 1 aromatic rings. The highest BCUT2D eigenvalue weighted by Crippen LogP contribution is 2.45. The summed E-state index contributed by atoms with van der Waals surface area (Å²) in [5, 5.41) is 0. The van der Waals surface area contributed by atoms with Gasteiger partial charge in [0.25, 0.3) is 0 Å². The highest BCUT2D eigenvalue weighted by atomic mass is 32.2. The Morgan fingerprint density at radius 3 is 2.89 bits per heavy atom. The first-order chi connectivity index (χ1) is 8.89. The molecule has 1 heterocycles. The van der Waals surface area contributed by atoms with E-state index in [9.17, 15) is 8.42 Å². The predicted octanol–water partition coefficient (Wildman–Crippen LogP) is 1.24. The van der Waals surface area contributed by atoms with Gasteiger partial charge in [-0.3, -0.25) is 4.72 Å². The van der Waals surface area contributed by atoms with Crippen molar-refractivity contribution in [3.8, 4) is 5.75 Å². The predicted molar refractivity (Wildman–Crippen MR) is 72.5 cm³/mol. The summed E-state index contributed by atoms with van der Waals surface area (Å²) in [4.78, 5) is 0. The number of anilines is 1. The van der Waals surface area contributed by atoms with E-state index in [1.807, 2.05) is 0 Å². The fourth-order valence-corrected chi connectivity index (χ4v) is 2.79. The maximum atomic E-state index is 11.4. The van der Waals surface area contributed by atoms with Crippen molar-refractivity contribution in [2.45, 2.75) is 19.8 Å². The maximum absolute atomic E-state index is 11.4. The van der Waals surface area contributed by atoms with Gasteiger partial charge >= 0.3 is 10.2 Å². The lowest BCUT2D eigenvalue weighted by Gasteiger charge is -2.20. The summed E-state index contributed by atoms with van der Waals surface area (Å²) in [6.07, 6.45) is 2.30. The smallest absolute Gasteiger partial charge is 0.344 e. The molecule has 102 valence electrons. The first kappa shape index (κ1) is 12.3. The third kappa shape index (κ3) is 2.37. The number of hydrogen-bond donors (Lipinski definition) is 2. The molecule has 19 heavy (non-hydrogen) atoms. The second kappa shape index (κ2) is 3.86. The van der Waals surface area contributed by atoms with Gasteiger partial charge in [0.2, 0.25) is 0 Å². The highest BCUT2D eigenvalue weighted by Gasteiger charge is 2.38. The van der Waals surface area contributed by atoms with Crippen LogP contribution in [0.3, 0.4) is 0 Å². The van der Waals surface area contributed by atoms with Crippen molar-refractivity contribution in [3.05, 3.63) is 23.8 Å². The molecule has 0 bridgehead atoms. The van der Waals surface area contributed by atoms with E-state index in [0.717, 1.165) is 12.8 Å². The molecule has 1 fully saturated rings. The Morgan fingerprint density at radius 1 is 1.47 bits per heavy atom. The average molecular weight is 281 g/mol. The molecule has 1 saturated carbocycles. The molecule has 1 aliphatic carbocycles. The molecule has 0 amide bonds. The topological polar surface area (TPSA) is 93.8 Å². The van der Waals surface area contributed by atoms with Gasteiger partial charge in [-0.15, -0.1) is 4.40 Å². The van der Waals surface area contributed by atoms with E-state index in [1.54, 1.807) is 18.2 Å². The van der Waals surface area contributed by atoms with E-state index < -0.39 is 10.2 Å². The van der Waals surface area contributed by atoms with Crippen LogP contribution in [-0.4, -0.2) is 20.9 Å². The Morgan fingerprint density at radius 2 is 2.21 bits per heavy atom. The van der Waals surface area contributed by atoms with Gasteiger partial charge in [-0.2, -0.15) is 8.42 Å². The molecule has 7 heteroatoms. The molecule has 0 spiro atoms. The van der Waals surface area contributed by atoms with Crippen LogP contribution in [0.4, 0.5) is 5.69 Å². The van der Waals surface area contributed by atoms with Crippen molar-refractivity contribution in [1.29, 1.82) is 0 Å². The Hall–Kier alpha value is -1.76. The SMILES string of the molecule is CC1(COc2cccc3c2C(N)=NS(=O)(=O)N3)CC1. The van der Waals surface area contributed by atoms with Gasteiger partial charge in [-0.05, 0) is 25.0 Å².